The van der Waals surface area contributed by atoms with Crippen LogP contribution in [-0.4, -0.2) is 17.2 Å². The number of hydrogen-bond donors (Lipinski definition) is 2. The first-order chi connectivity index (χ1) is 17.1. The number of carbonyl (C=O) groups is 1. The molecule has 0 aliphatic carbocycles. The average molecular weight is 525 g/mol. The largest absolute Gasteiger partial charge is 0.507 e. The molecule has 35 heavy (non-hydrogen) atoms. The first kappa shape index (κ1) is 22.6. The molecule has 0 spiro atoms. The summed E-state index contributed by atoms with van der Waals surface area (Å²) in [4.78, 5) is 12.8. The minimum atomic E-state index is -0.498. The Morgan fingerprint density at radius 3 is 2.34 bits per heavy atom. The van der Waals surface area contributed by atoms with Gasteiger partial charge in [0.15, 0.2) is 0 Å². The number of aromatic hydroxyl groups is 1. The molecule has 5 aromatic carbocycles. The smallest absolute Gasteiger partial charge is 0.275 e. The van der Waals surface area contributed by atoms with Crippen LogP contribution in [0.15, 0.2) is 107 Å². The van der Waals surface area contributed by atoms with Crippen LogP contribution in [0.5, 0.6) is 11.5 Å². The van der Waals surface area contributed by atoms with E-state index >= 15 is 0 Å². The van der Waals surface area contributed by atoms with Gasteiger partial charge in [-0.3, -0.25) is 4.79 Å². The number of hydrogen-bond acceptors (Lipinski definition) is 4. The van der Waals surface area contributed by atoms with Crippen molar-refractivity contribution in [2.45, 2.75) is 6.61 Å². The van der Waals surface area contributed by atoms with Crippen LogP contribution in [0.1, 0.15) is 21.5 Å². The normalized spacial score (nSPS) is 11.2. The topological polar surface area (TPSA) is 70.9 Å². The molecule has 5 aromatic rings. The number of rotatable bonds is 6. The number of ether oxygens (including phenoxy) is 1. The Morgan fingerprint density at radius 2 is 1.57 bits per heavy atom. The summed E-state index contributed by atoms with van der Waals surface area (Å²) in [6.07, 6.45) is 1.58. The highest BCUT2D eigenvalue weighted by Gasteiger charge is 2.13. The summed E-state index contributed by atoms with van der Waals surface area (Å²) in [6.45, 7) is 0.393. The monoisotopic (exact) mass is 524 g/mol. The molecule has 0 aliphatic rings. The van der Waals surface area contributed by atoms with Crippen molar-refractivity contribution < 1.29 is 14.6 Å². The number of nitrogens with one attached hydrogen (secondary N) is 1. The molecule has 6 heteroatoms. The summed E-state index contributed by atoms with van der Waals surface area (Å²) in [5, 5.41) is 18.2. The molecule has 1 amide bonds. The van der Waals surface area contributed by atoms with E-state index in [0.29, 0.717) is 12.4 Å². The van der Waals surface area contributed by atoms with E-state index in [2.05, 4.69) is 26.5 Å². The van der Waals surface area contributed by atoms with E-state index in [1.54, 1.807) is 18.3 Å². The van der Waals surface area contributed by atoms with Crippen LogP contribution in [0, 0.1) is 0 Å². The molecule has 172 valence electrons. The van der Waals surface area contributed by atoms with Crippen molar-refractivity contribution in [3.05, 3.63) is 118 Å². The van der Waals surface area contributed by atoms with Crippen molar-refractivity contribution in [1.82, 2.24) is 5.43 Å². The SMILES string of the molecule is O=C(NN=Cc1c(OCc2ccc(Br)cc2)ccc2ccccc12)c1cc2ccccc2cc1O. The van der Waals surface area contributed by atoms with Gasteiger partial charge in [0.05, 0.1) is 11.8 Å². The van der Waals surface area contributed by atoms with E-state index in [-0.39, 0.29) is 11.3 Å². The molecule has 0 bridgehead atoms. The fourth-order valence-electron chi connectivity index (χ4n) is 3.90. The molecule has 0 fully saturated rings. The molecule has 0 aromatic heterocycles. The van der Waals surface area contributed by atoms with Crippen LogP contribution in [0.25, 0.3) is 21.5 Å². The highest BCUT2D eigenvalue weighted by Crippen LogP contribution is 2.28. The fourth-order valence-corrected chi connectivity index (χ4v) is 4.17. The zero-order valence-corrected chi connectivity index (χ0v) is 20.2. The third-order valence-electron chi connectivity index (χ3n) is 5.71. The summed E-state index contributed by atoms with van der Waals surface area (Å²) in [5.41, 5.74) is 4.48. The maximum Gasteiger partial charge on any atom is 0.275 e. The number of amides is 1. The van der Waals surface area contributed by atoms with Gasteiger partial charge in [0.1, 0.15) is 18.1 Å². The van der Waals surface area contributed by atoms with Gasteiger partial charge in [-0.05, 0) is 57.4 Å². The number of phenols is 1. The quantitative estimate of drug-likeness (QED) is 0.189. The molecule has 5 nitrogen and oxygen atoms in total. The van der Waals surface area contributed by atoms with Gasteiger partial charge in [0, 0.05) is 10.0 Å². The van der Waals surface area contributed by atoms with Gasteiger partial charge in [0.2, 0.25) is 0 Å². The molecule has 0 heterocycles. The second-order valence-electron chi connectivity index (χ2n) is 8.03. The third-order valence-corrected chi connectivity index (χ3v) is 6.24. The Kier molecular flexibility index (Phi) is 6.46. The summed E-state index contributed by atoms with van der Waals surface area (Å²) in [7, 11) is 0. The number of benzene rings is 5. The number of fused-ring (bicyclic) bond motifs is 2. The Hall–Kier alpha value is -4.16. The number of halogens is 1. The summed E-state index contributed by atoms with van der Waals surface area (Å²) >= 11 is 3.44. The number of hydrazone groups is 1. The van der Waals surface area contributed by atoms with Gasteiger partial charge < -0.3 is 9.84 Å². The molecule has 2 N–H and O–H groups in total. The second-order valence-corrected chi connectivity index (χ2v) is 8.94. The molecule has 5 rings (SSSR count). The zero-order chi connectivity index (χ0) is 24.2. The van der Waals surface area contributed by atoms with E-state index in [1.165, 1.54) is 0 Å². The van der Waals surface area contributed by atoms with Gasteiger partial charge in [-0.1, -0.05) is 82.7 Å². The first-order valence-corrected chi connectivity index (χ1v) is 11.8. The van der Waals surface area contributed by atoms with Crippen molar-refractivity contribution in [2.75, 3.05) is 0 Å². The van der Waals surface area contributed by atoms with Crippen molar-refractivity contribution in [3.8, 4) is 11.5 Å². The number of nitrogens with zero attached hydrogens (tertiary/aromatic N) is 1. The fraction of sp³-hybridized carbons (Fsp3) is 0.0345. The summed E-state index contributed by atoms with van der Waals surface area (Å²) < 4.78 is 7.13. The van der Waals surface area contributed by atoms with Crippen molar-refractivity contribution in [2.24, 2.45) is 5.10 Å². The van der Waals surface area contributed by atoms with Crippen molar-refractivity contribution in [3.63, 3.8) is 0 Å². The van der Waals surface area contributed by atoms with E-state index in [1.807, 2.05) is 84.9 Å². The van der Waals surface area contributed by atoms with E-state index in [0.717, 1.165) is 37.1 Å². The van der Waals surface area contributed by atoms with Gasteiger partial charge >= 0.3 is 0 Å². The molecule has 0 saturated heterocycles. The predicted octanol–water partition coefficient (Wildman–Crippen LogP) is 6.80. The van der Waals surface area contributed by atoms with E-state index in [9.17, 15) is 9.90 Å². The molecular weight excluding hydrogens is 504 g/mol. The molecule has 0 radical (unpaired) electrons. The van der Waals surface area contributed by atoms with E-state index < -0.39 is 5.91 Å². The van der Waals surface area contributed by atoms with Crippen molar-refractivity contribution >= 4 is 49.6 Å². The van der Waals surface area contributed by atoms with Crippen molar-refractivity contribution in [1.29, 1.82) is 0 Å². The lowest BCUT2D eigenvalue weighted by Crippen LogP contribution is -2.17. The van der Waals surface area contributed by atoms with Crippen LogP contribution < -0.4 is 10.2 Å². The van der Waals surface area contributed by atoms with Gasteiger partial charge in [-0.15, -0.1) is 0 Å². The van der Waals surface area contributed by atoms with Crippen LogP contribution in [0.4, 0.5) is 0 Å². The lowest BCUT2D eigenvalue weighted by Gasteiger charge is -2.12. The lowest BCUT2D eigenvalue weighted by molar-refractivity contribution is 0.0952. The molecule has 0 aliphatic heterocycles. The van der Waals surface area contributed by atoms with Crippen LogP contribution in [-0.2, 0) is 6.61 Å². The zero-order valence-electron chi connectivity index (χ0n) is 18.6. The van der Waals surface area contributed by atoms with Crippen LogP contribution in [0.2, 0.25) is 0 Å². The first-order valence-electron chi connectivity index (χ1n) is 11.0. The number of carbonyl (C=O) groups excluding carboxylic acids is 1. The highest BCUT2D eigenvalue weighted by atomic mass is 79.9. The van der Waals surface area contributed by atoms with Crippen LogP contribution >= 0.6 is 15.9 Å². The number of phenolic OH excluding ortho intramolecular Hbond substituents is 1. The van der Waals surface area contributed by atoms with Gasteiger partial charge in [-0.25, -0.2) is 5.43 Å². The molecule has 0 saturated carbocycles. The average Bonchev–Trinajstić information content (AvgIpc) is 2.88. The molecule has 0 atom stereocenters. The maximum atomic E-state index is 12.8. The lowest BCUT2D eigenvalue weighted by atomic mass is 10.0. The Balaban J connectivity index is 1.40. The minimum absolute atomic E-state index is 0.0971. The Labute approximate surface area is 210 Å². The van der Waals surface area contributed by atoms with Crippen LogP contribution in [0.3, 0.4) is 0 Å². The standard InChI is InChI=1S/C29H21BrN2O3/c30-23-12-9-19(10-13-23)18-35-28-14-11-20-5-3-4-8-24(20)26(28)17-31-32-29(34)25-15-21-6-1-2-7-22(21)16-27(25)33/h1-17,33H,18H2,(H,32,34). The predicted molar refractivity (Wildman–Crippen MR) is 143 cm³/mol. The second kappa shape index (κ2) is 9.99. The Bertz CT molecular complexity index is 1560. The van der Waals surface area contributed by atoms with Gasteiger partial charge in [0.25, 0.3) is 5.91 Å². The minimum Gasteiger partial charge on any atom is -0.507 e. The van der Waals surface area contributed by atoms with E-state index in [4.69, 9.17) is 4.74 Å². The van der Waals surface area contributed by atoms with Gasteiger partial charge in [-0.2, -0.15) is 5.10 Å². The maximum absolute atomic E-state index is 12.8. The molecular formula is C29H21BrN2O3. The highest BCUT2D eigenvalue weighted by molar-refractivity contribution is 9.10. The third kappa shape index (κ3) is 5.03. The summed E-state index contributed by atoms with van der Waals surface area (Å²) in [6, 6.07) is 30.5. The summed E-state index contributed by atoms with van der Waals surface area (Å²) in [5.74, 6) is 0.0559. The molecule has 0 unspecified atom stereocenters. The Morgan fingerprint density at radius 1 is 0.886 bits per heavy atom.